The summed E-state index contributed by atoms with van der Waals surface area (Å²) in [6, 6.07) is 0. The quantitative estimate of drug-likeness (QED) is 0.509. The smallest absolute Gasteiger partial charge is 0.450 e. The van der Waals surface area contributed by atoms with Gasteiger partial charge in [0.15, 0.2) is 12.7 Å². The zero-order chi connectivity index (χ0) is 11.4. The van der Waals surface area contributed by atoms with E-state index in [9.17, 15) is 9.59 Å². The molecule has 0 amide bonds. The first-order chi connectivity index (χ1) is 7.06. The first-order valence-electron chi connectivity index (χ1n) is 4.53. The van der Waals surface area contributed by atoms with Crippen LogP contribution in [0.2, 0.25) is 0 Å². The SMILES string of the molecule is C#CCOC(=O)C1OC(=O)OC1C(C)C. The van der Waals surface area contributed by atoms with Crippen molar-refractivity contribution in [3.63, 3.8) is 0 Å². The average molecular weight is 212 g/mol. The van der Waals surface area contributed by atoms with Gasteiger partial charge in [0.05, 0.1) is 0 Å². The van der Waals surface area contributed by atoms with Crippen LogP contribution in [0.15, 0.2) is 0 Å². The third-order valence-electron chi connectivity index (χ3n) is 1.94. The van der Waals surface area contributed by atoms with Crippen LogP contribution < -0.4 is 0 Å². The summed E-state index contributed by atoms with van der Waals surface area (Å²) in [5.41, 5.74) is 0. The zero-order valence-electron chi connectivity index (χ0n) is 8.56. The summed E-state index contributed by atoms with van der Waals surface area (Å²) < 4.78 is 14.2. The summed E-state index contributed by atoms with van der Waals surface area (Å²) in [6.45, 7) is 3.49. The summed E-state index contributed by atoms with van der Waals surface area (Å²) in [6.07, 6.45) is 2.46. The first kappa shape index (κ1) is 11.4. The van der Waals surface area contributed by atoms with Gasteiger partial charge in [-0.3, -0.25) is 0 Å². The van der Waals surface area contributed by atoms with Crippen LogP contribution in [0.25, 0.3) is 0 Å². The number of ether oxygens (including phenoxy) is 3. The van der Waals surface area contributed by atoms with E-state index in [1.807, 2.05) is 13.8 Å². The molecule has 0 aliphatic carbocycles. The Labute approximate surface area is 87.7 Å². The van der Waals surface area contributed by atoms with Crippen molar-refractivity contribution >= 4 is 12.1 Å². The van der Waals surface area contributed by atoms with E-state index in [2.05, 4.69) is 15.4 Å². The lowest BCUT2D eigenvalue weighted by Crippen LogP contribution is -2.36. The van der Waals surface area contributed by atoms with E-state index in [0.29, 0.717) is 0 Å². The molecule has 1 rings (SSSR count). The minimum atomic E-state index is -1.01. The topological polar surface area (TPSA) is 61.8 Å². The maximum atomic E-state index is 11.4. The molecule has 0 spiro atoms. The average Bonchev–Trinajstić information content (AvgIpc) is 2.57. The molecule has 0 aromatic carbocycles. The molecule has 0 saturated carbocycles. The van der Waals surface area contributed by atoms with Crippen molar-refractivity contribution in [3.8, 4) is 12.3 Å². The van der Waals surface area contributed by atoms with Crippen LogP contribution in [0.4, 0.5) is 4.79 Å². The van der Waals surface area contributed by atoms with Crippen molar-refractivity contribution in [1.82, 2.24) is 0 Å². The summed E-state index contributed by atoms with van der Waals surface area (Å²) in [7, 11) is 0. The first-order valence-corrected chi connectivity index (χ1v) is 4.53. The Morgan fingerprint density at radius 1 is 1.60 bits per heavy atom. The van der Waals surface area contributed by atoms with Crippen LogP contribution in [-0.4, -0.2) is 30.9 Å². The minimum Gasteiger partial charge on any atom is -0.450 e. The second-order valence-electron chi connectivity index (χ2n) is 3.43. The Hall–Kier alpha value is -1.70. The van der Waals surface area contributed by atoms with Crippen molar-refractivity contribution in [2.24, 2.45) is 5.92 Å². The molecule has 2 atom stereocenters. The molecule has 1 heterocycles. The van der Waals surface area contributed by atoms with Crippen LogP contribution >= 0.6 is 0 Å². The summed E-state index contributed by atoms with van der Waals surface area (Å²) in [4.78, 5) is 22.2. The van der Waals surface area contributed by atoms with Gasteiger partial charge in [-0.1, -0.05) is 19.8 Å². The van der Waals surface area contributed by atoms with E-state index in [-0.39, 0.29) is 12.5 Å². The van der Waals surface area contributed by atoms with Crippen LogP contribution in [0, 0.1) is 18.3 Å². The summed E-state index contributed by atoms with van der Waals surface area (Å²) in [5, 5.41) is 0. The number of terminal acetylenes is 1. The highest BCUT2D eigenvalue weighted by Gasteiger charge is 2.44. The molecule has 0 N–H and O–H groups in total. The zero-order valence-corrected chi connectivity index (χ0v) is 8.56. The van der Waals surface area contributed by atoms with E-state index in [4.69, 9.17) is 11.2 Å². The van der Waals surface area contributed by atoms with Crippen LogP contribution in [0.1, 0.15) is 13.8 Å². The van der Waals surface area contributed by atoms with Crippen molar-refractivity contribution < 1.29 is 23.8 Å². The van der Waals surface area contributed by atoms with Crippen molar-refractivity contribution in [1.29, 1.82) is 0 Å². The Morgan fingerprint density at radius 2 is 2.27 bits per heavy atom. The molecule has 5 heteroatoms. The van der Waals surface area contributed by atoms with E-state index >= 15 is 0 Å². The molecule has 2 unspecified atom stereocenters. The van der Waals surface area contributed by atoms with E-state index in [1.165, 1.54) is 0 Å². The second kappa shape index (κ2) is 4.69. The number of esters is 1. The minimum absolute atomic E-state index is 0.0279. The lowest BCUT2D eigenvalue weighted by Gasteiger charge is -2.16. The number of carbonyl (C=O) groups excluding carboxylic acids is 2. The molecule has 1 aliphatic heterocycles. The monoisotopic (exact) mass is 212 g/mol. The Morgan fingerprint density at radius 3 is 2.80 bits per heavy atom. The van der Waals surface area contributed by atoms with Crippen molar-refractivity contribution in [2.45, 2.75) is 26.1 Å². The second-order valence-corrected chi connectivity index (χ2v) is 3.43. The molecule has 0 bridgehead atoms. The van der Waals surface area contributed by atoms with Gasteiger partial charge < -0.3 is 14.2 Å². The number of hydrogen-bond donors (Lipinski definition) is 0. The van der Waals surface area contributed by atoms with Gasteiger partial charge in [-0.05, 0) is 5.92 Å². The largest absolute Gasteiger partial charge is 0.509 e. The molecular formula is C10H12O5. The highest BCUT2D eigenvalue weighted by atomic mass is 16.8. The van der Waals surface area contributed by atoms with E-state index in [1.54, 1.807) is 0 Å². The lowest BCUT2D eigenvalue weighted by atomic mass is 10.0. The number of carbonyl (C=O) groups is 2. The standard InChI is InChI=1S/C10H12O5/c1-4-5-13-9(11)8-7(6(2)3)14-10(12)15-8/h1,6-8H,5H2,2-3H3. The fraction of sp³-hybridized carbons (Fsp3) is 0.600. The van der Waals surface area contributed by atoms with E-state index < -0.39 is 24.3 Å². The molecule has 0 aromatic rings. The Balaban J connectivity index is 2.63. The number of hydrogen-bond acceptors (Lipinski definition) is 5. The molecular weight excluding hydrogens is 200 g/mol. The maximum Gasteiger partial charge on any atom is 0.509 e. The fourth-order valence-electron chi connectivity index (χ4n) is 1.23. The molecule has 5 nitrogen and oxygen atoms in total. The third kappa shape index (κ3) is 2.62. The molecule has 15 heavy (non-hydrogen) atoms. The van der Waals surface area contributed by atoms with Gasteiger partial charge in [0.1, 0.15) is 0 Å². The molecule has 0 aromatic heterocycles. The van der Waals surface area contributed by atoms with Gasteiger partial charge in [0, 0.05) is 0 Å². The maximum absolute atomic E-state index is 11.4. The summed E-state index contributed by atoms with van der Waals surface area (Å²) in [5.74, 6) is 1.46. The fourth-order valence-corrected chi connectivity index (χ4v) is 1.23. The van der Waals surface area contributed by atoms with Crippen molar-refractivity contribution in [2.75, 3.05) is 6.61 Å². The highest BCUT2D eigenvalue weighted by molar-refractivity contribution is 5.80. The lowest BCUT2D eigenvalue weighted by molar-refractivity contribution is -0.152. The third-order valence-corrected chi connectivity index (χ3v) is 1.94. The van der Waals surface area contributed by atoms with Crippen molar-refractivity contribution in [3.05, 3.63) is 0 Å². The van der Waals surface area contributed by atoms with Gasteiger partial charge in [-0.25, -0.2) is 9.59 Å². The number of rotatable bonds is 3. The predicted molar refractivity (Wildman–Crippen MR) is 49.8 cm³/mol. The van der Waals surface area contributed by atoms with Gasteiger partial charge in [-0.15, -0.1) is 6.42 Å². The Bertz CT molecular complexity index is 301. The van der Waals surface area contributed by atoms with E-state index in [0.717, 1.165) is 0 Å². The Kier molecular flexibility index (Phi) is 3.56. The molecule has 1 saturated heterocycles. The van der Waals surface area contributed by atoms with Gasteiger partial charge in [0.2, 0.25) is 6.10 Å². The van der Waals surface area contributed by atoms with Gasteiger partial charge in [-0.2, -0.15) is 0 Å². The number of cyclic esters (lactones) is 2. The molecule has 0 radical (unpaired) electrons. The van der Waals surface area contributed by atoms with Crippen LogP contribution in [0.5, 0.6) is 0 Å². The predicted octanol–water partition coefficient (Wildman–Crippen LogP) is 0.723. The van der Waals surface area contributed by atoms with Crippen LogP contribution in [0.3, 0.4) is 0 Å². The van der Waals surface area contributed by atoms with Gasteiger partial charge in [0.25, 0.3) is 0 Å². The highest BCUT2D eigenvalue weighted by Crippen LogP contribution is 2.22. The molecule has 1 aliphatic rings. The van der Waals surface area contributed by atoms with Crippen LogP contribution in [-0.2, 0) is 19.0 Å². The normalized spacial score (nSPS) is 24.3. The van der Waals surface area contributed by atoms with Gasteiger partial charge >= 0.3 is 12.1 Å². The molecule has 1 fully saturated rings. The summed E-state index contributed by atoms with van der Waals surface area (Å²) >= 11 is 0. The molecule has 82 valence electrons.